The summed E-state index contributed by atoms with van der Waals surface area (Å²) in [5.41, 5.74) is 17.8. The summed E-state index contributed by atoms with van der Waals surface area (Å²) < 4.78 is 14.1. The lowest BCUT2D eigenvalue weighted by molar-refractivity contribution is 0.436. The fourth-order valence-electron chi connectivity index (χ4n) is 12.5. The molecule has 1 aliphatic carbocycles. The van der Waals surface area contributed by atoms with Crippen LogP contribution < -0.4 is 4.74 Å². The second-order valence-corrected chi connectivity index (χ2v) is 18.9. The van der Waals surface area contributed by atoms with Crippen LogP contribution in [0.4, 0.5) is 0 Å². The highest BCUT2D eigenvalue weighted by Gasteiger charge is 2.52. The van der Waals surface area contributed by atoms with E-state index in [1.807, 2.05) is 12.4 Å². The lowest BCUT2D eigenvalue weighted by Crippen LogP contribution is -2.32. The molecule has 2 aliphatic rings. The lowest BCUT2D eigenvalue weighted by atomic mass is 9.66. The summed E-state index contributed by atoms with van der Waals surface area (Å²) in [6.07, 6.45) is 3.91. The Morgan fingerprint density at radius 3 is 1.38 bits per heavy atom. The zero-order valence-corrected chi connectivity index (χ0v) is 38.2. The molecule has 0 N–H and O–H groups in total. The molecule has 6 nitrogen and oxygen atoms in total. The van der Waals surface area contributed by atoms with Gasteiger partial charge in [-0.2, -0.15) is 0 Å². The molecule has 14 aromatic rings. The highest BCUT2D eigenvalue weighted by molar-refractivity contribution is 6.12. The Labute approximate surface area is 407 Å². The average Bonchev–Trinajstić information content (AvgIpc) is 4.16. The highest BCUT2D eigenvalue weighted by atomic mass is 16.5. The van der Waals surface area contributed by atoms with Crippen molar-refractivity contribution >= 4 is 65.4 Å². The van der Waals surface area contributed by atoms with E-state index >= 15 is 0 Å². The third-order valence-corrected chi connectivity index (χ3v) is 15.4. The summed E-state index contributed by atoms with van der Waals surface area (Å²) in [6.45, 7) is 0. The normalized spacial score (nSPS) is 14.6. The van der Waals surface area contributed by atoms with Crippen molar-refractivity contribution in [2.75, 3.05) is 0 Å². The van der Waals surface area contributed by atoms with Gasteiger partial charge in [-0.15, -0.1) is 0 Å². The first-order valence-corrected chi connectivity index (χ1v) is 24.2. The minimum absolute atomic E-state index is 0.739. The van der Waals surface area contributed by atoms with Gasteiger partial charge in [-0.25, -0.2) is 0 Å². The maximum Gasteiger partial charge on any atom is 0.134 e. The molecule has 0 fully saturated rings. The number of benzene rings is 9. The van der Waals surface area contributed by atoms with Crippen LogP contribution in [-0.4, -0.2) is 23.7 Å². The van der Waals surface area contributed by atoms with Crippen molar-refractivity contribution in [3.05, 3.63) is 259 Å². The first-order chi connectivity index (χ1) is 35.2. The summed E-state index contributed by atoms with van der Waals surface area (Å²) in [5, 5.41) is 7.34. The number of aromatic nitrogens is 5. The molecule has 0 bridgehead atoms. The third-order valence-electron chi connectivity index (χ3n) is 15.4. The SMILES string of the molecule is c1ccc2c(c1)Oc1cc(-n3c4ccccc4c4ccccc43)ccc1C21c2cccnc2-c2ncc(-c3ccc4c(c3)c3ccccc3n4-c3ccc(-n4c5ccccc5c5ccccc54)cc3)cc21. The van der Waals surface area contributed by atoms with Gasteiger partial charge in [0, 0.05) is 90.1 Å². The number of pyridine rings is 2. The molecule has 0 saturated heterocycles. The zero-order valence-electron chi connectivity index (χ0n) is 38.2. The fraction of sp³-hybridized carbons (Fsp3) is 0.0154. The van der Waals surface area contributed by atoms with Crippen LogP contribution in [0.3, 0.4) is 0 Å². The van der Waals surface area contributed by atoms with Crippen LogP contribution in [0.25, 0.3) is 105 Å². The fourth-order valence-corrected chi connectivity index (χ4v) is 12.5. The Morgan fingerprint density at radius 1 is 0.310 bits per heavy atom. The van der Waals surface area contributed by atoms with E-state index in [2.05, 4.69) is 238 Å². The van der Waals surface area contributed by atoms with E-state index < -0.39 is 5.41 Å². The minimum atomic E-state index is -0.739. The van der Waals surface area contributed by atoms with Gasteiger partial charge in [0.25, 0.3) is 0 Å². The van der Waals surface area contributed by atoms with Crippen molar-refractivity contribution in [3.63, 3.8) is 0 Å². The van der Waals surface area contributed by atoms with Gasteiger partial charge in [0.05, 0.1) is 49.9 Å². The van der Waals surface area contributed by atoms with Crippen LogP contribution in [0.15, 0.2) is 237 Å². The molecule has 9 aromatic carbocycles. The Balaban J connectivity index is 0.856. The van der Waals surface area contributed by atoms with Gasteiger partial charge in [0.15, 0.2) is 0 Å². The van der Waals surface area contributed by atoms with E-state index in [4.69, 9.17) is 14.7 Å². The number of hydrogen-bond donors (Lipinski definition) is 0. The molecule has 0 amide bonds. The molecule has 1 aliphatic heterocycles. The summed E-state index contributed by atoms with van der Waals surface area (Å²) in [4.78, 5) is 10.4. The third kappa shape index (κ3) is 5.15. The maximum absolute atomic E-state index is 7.00. The number of nitrogens with zero attached hydrogens (tertiary/aromatic N) is 5. The summed E-state index contributed by atoms with van der Waals surface area (Å²) in [5.74, 6) is 1.64. The van der Waals surface area contributed by atoms with Crippen molar-refractivity contribution in [3.8, 4) is 51.1 Å². The smallest absolute Gasteiger partial charge is 0.134 e. The lowest BCUT2D eigenvalue weighted by Gasteiger charge is -2.39. The molecule has 1 unspecified atom stereocenters. The van der Waals surface area contributed by atoms with E-state index in [1.54, 1.807) is 0 Å². The van der Waals surface area contributed by atoms with E-state index in [9.17, 15) is 0 Å². The highest BCUT2D eigenvalue weighted by Crippen LogP contribution is 2.62. The van der Waals surface area contributed by atoms with Crippen molar-refractivity contribution in [2.45, 2.75) is 5.41 Å². The van der Waals surface area contributed by atoms with Gasteiger partial charge in [-0.1, -0.05) is 127 Å². The van der Waals surface area contributed by atoms with Crippen LogP contribution in [-0.2, 0) is 5.41 Å². The molecule has 6 heteroatoms. The Morgan fingerprint density at radius 2 is 0.775 bits per heavy atom. The second kappa shape index (κ2) is 14.3. The number of hydrogen-bond acceptors (Lipinski definition) is 3. The first-order valence-electron chi connectivity index (χ1n) is 24.2. The Hall–Kier alpha value is -9.52. The predicted molar refractivity (Wildman–Crippen MR) is 288 cm³/mol. The summed E-state index contributed by atoms with van der Waals surface area (Å²) >= 11 is 0. The Kier molecular flexibility index (Phi) is 7.72. The molecular weight excluding hydrogens is 867 g/mol. The van der Waals surface area contributed by atoms with Crippen molar-refractivity contribution in [2.24, 2.45) is 0 Å². The van der Waals surface area contributed by atoms with Crippen LogP contribution in [0.1, 0.15) is 22.3 Å². The van der Waals surface area contributed by atoms with Crippen molar-refractivity contribution in [1.82, 2.24) is 23.7 Å². The number of rotatable bonds is 4. The molecule has 0 radical (unpaired) electrons. The van der Waals surface area contributed by atoms with Crippen LogP contribution >= 0.6 is 0 Å². The molecule has 16 rings (SSSR count). The zero-order chi connectivity index (χ0) is 46.4. The predicted octanol–water partition coefficient (Wildman–Crippen LogP) is 15.9. The van der Waals surface area contributed by atoms with Gasteiger partial charge < -0.3 is 18.4 Å². The van der Waals surface area contributed by atoms with Gasteiger partial charge in [0.2, 0.25) is 0 Å². The molecular formula is C65H39N5O. The van der Waals surface area contributed by atoms with Crippen LogP contribution in [0.5, 0.6) is 11.5 Å². The van der Waals surface area contributed by atoms with E-state index in [1.165, 1.54) is 43.4 Å². The topological polar surface area (TPSA) is 49.8 Å². The van der Waals surface area contributed by atoms with Crippen LogP contribution in [0, 0.1) is 0 Å². The standard InChI is InChI=1S/C65H39N5O/c1-7-21-55-45(14-1)46-15-2-8-22-56(46)68(55)42-28-30-43(31-29-42)69-59-25-11-5-18-49(59)50-36-40(27-34-60(50)69)41-37-54-64(67-39-41)63-53(20-13-35-66-63)65(54)51-19-6-12-26-61(51)71-62-38-44(32-33-52(62)65)70-57-23-9-3-16-47(57)48-17-4-10-24-58(48)70/h1-39H. The number of ether oxygens (including phenoxy) is 1. The molecule has 1 atom stereocenters. The monoisotopic (exact) mass is 905 g/mol. The van der Waals surface area contributed by atoms with Gasteiger partial charge in [-0.05, 0) is 102 Å². The average molecular weight is 906 g/mol. The van der Waals surface area contributed by atoms with Crippen molar-refractivity contribution < 1.29 is 4.74 Å². The van der Waals surface area contributed by atoms with Gasteiger partial charge >= 0.3 is 0 Å². The van der Waals surface area contributed by atoms with E-state index in [0.29, 0.717) is 0 Å². The summed E-state index contributed by atoms with van der Waals surface area (Å²) in [6, 6.07) is 81.2. The molecule has 1 spiro atoms. The number of para-hydroxylation sites is 6. The quantitative estimate of drug-likeness (QED) is 0.177. The second-order valence-electron chi connectivity index (χ2n) is 18.9. The molecule has 330 valence electrons. The first kappa shape index (κ1) is 38.4. The van der Waals surface area contributed by atoms with Crippen molar-refractivity contribution in [1.29, 1.82) is 0 Å². The molecule has 6 heterocycles. The summed E-state index contributed by atoms with van der Waals surface area (Å²) in [7, 11) is 0. The van der Waals surface area contributed by atoms with E-state index in [-0.39, 0.29) is 0 Å². The Bertz CT molecular complexity index is 4470. The molecule has 5 aromatic heterocycles. The molecule has 71 heavy (non-hydrogen) atoms. The molecule has 0 saturated carbocycles. The number of fused-ring (bicyclic) bond motifs is 18. The largest absolute Gasteiger partial charge is 0.457 e. The minimum Gasteiger partial charge on any atom is -0.457 e. The maximum atomic E-state index is 7.00. The van der Waals surface area contributed by atoms with E-state index in [0.717, 1.165) is 95.4 Å². The van der Waals surface area contributed by atoms with Gasteiger partial charge in [-0.3, -0.25) is 9.97 Å². The van der Waals surface area contributed by atoms with Gasteiger partial charge in [0.1, 0.15) is 11.5 Å². The van der Waals surface area contributed by atoms with Crippen LogP contribution in [0.2, 0.25) is 0 Å².